The zero-order valence-corrected chi connectivity index (χ0v) is 8.60. The molecular formula is C8H9ClO3S. The Labute approximate surface area is 82.4 Å². The predicted octanol–water partition coefficient (Wildman–Crippen LogP) is 1.82. The lowest BCUT2D eigenvalue weighted by Crippen LogP contribution is -2.02. The van der Waals surface area contributed by atoms with Gasteiger partial charge in [-0.25, -0.2) is 0 Å². The Balaban J connectivity index is 2.61. The van der Waals surface area contributed by atoms with Crippen molar-refractivity contribution in [3.63, 3.8) is 0 Å². The minimum Gasteiger partial charge on any atom is -0.265 e. The third-order valence-corrected chi connectivity index (χ3v) is 2.15. The molecule has 0 saturated carbocycles. The van der Waals surface area contributed by atoms with E-state index in [4.69, 9.17) is 11.6 Å². The van der Waals surface area contributed by atoms with Crippen LogP contribution in [0.1, 0.15) is 5.56 Å². The second-order valence-electron chi connectivity index (χ2n) is 2.59. The average Bonchev–Trinajstić information content (AvgIpc) is 2.02. The summed E-state index contributed by atoms with van der Waals surface area (Å²) in [6.45, 7) is 0.0516. The largest absolute Gasteiger partial charge is 0.265 e. The van der Waals surface area contributed by atoms with Gasteiger partial charge in [0, 0.05) is 5.02 Å². The van der Waals surface area contributed by atoms with Crippen LogP contribution < -0.4 is 0 Å². The summed E-state index contributed by atoms with van der Waals surface area (Å²) in [6.07, 6.45) is 1.02. The lowest BCUT2D eigenvalue weighted by molar-refractivity contribution is 0.311. The molecule has 0 bridgehead atoms. The van der Waals surface area contributed by atoms with Gasteiger partial charge in [0.2, 0.25) is 0 Å². The third kappa shape index (κ3) is 4.26. The summed E-state index contributed by atoms with van der Waals surface area (Å²) in [7, 11) is -3.37. The summed E-state index contributed by atoms with van der Waals surface area (Å²) < 4.78 is 25.8. The van der Waals surface area contributed by atoms with E-state index in [1.165, 1.54) is 0 Å². The van der Waals surface area contributed by atoms with Gasteiger partial charge >= 0.3 is 0 Å². The molecule has 3 nitrogen and oxygen atoms in total. The summed E-state index contributed by atoms with van der Waals surface area (Å²) in [5.74, 6) is 0. The fraction of sp³-hybridized carbons (Fsp3) is 0.250. The van der Waals surface area contributed by atoms with Crippen LogP contribution in [0.2, 0.25) is 5.02 Å². The van der Waals surface area contributed by atoms with Crippen molar-refractivity contribution in [1.82, 2.24) is 0 Å². The molecule has 0 saturated heterocycles. The first-order valence-electron chi connectivity index (χ1n) is 3.56. The van der Waals surface area contributed by atoms with Gasteiger partial charge in [0.15, 0.2) is 0 Å². The van der Waals surface area contributed by atoms with Crippen molar-refractivity contribution in [3.8, 4) is 0 Å². The van der Waals surface area contributed by atoms with Crippen molar-refractivity contribution >= 4 is 21.7 Å². The van der Waals surface area contributed by atoms with Gasteiger partial charge < -0.3 is 0 Å². The summed E-state index contributed by atoms with van der Waals surface area (Å²) in [5.41, 5.74) is 0.773. The second kappa shape index (κ2) is 4.09. The molecule has 0 spiro atoms. The van der Waals surface area contributed by atoms with Crippen LogP contribution in [0.5, 0.6) is 0 Å². The van der Waals surface area contributed by atoms with Crippen LogP contribution >= 0.6 is 11.6 Å². The van der Waals surface area contributed by atoms with Crippen LogP contribution in [0.3, 0.4) is 0 Å². The van der Waals surface area contributed by atoms with Crippen molar-refractivity contribution in [2.45, 2.75) is 6.61 Å². The van der Waals surface area contributed by atoms with Gasteiger partial charge in [-0.2, -0.15) is 8.42 Å². The smallest absolute Gasteiger partial charge is 0.264 e. The van der Waals surface area contributed by atoms with E-state index < -0.39 is 10.1 Å². The summed E-state index contributed by atoms with van der Waals surface area (Å²) in [4.78, 5) is 0. The quantitative estimate of drug-likeness (QED) is 0.730. The highest BCUT2D eigenvalue weighted by molar-refractivity contribution is 7.85. The van der Waals surface area contributed by atoms with Crippen LogP contribution in [0.25, 0.3) is 0 Å². The molecule has 0 fully saturated rings. The zero-order chi connectivity index (χ0) is 9.90. The highest BCUT2D eigenvalue weighted by Crippen LogP contribution is 2.10. The standard InChI is InChI=1S/C8H9ClO3S/c1-13(10,11)12-6-7-2-4-8(9)5-3-7/h2-5H,6H2,1H3. The van der Waals surface area contributed by atoms with Gasteiger partial charge in [-0.3, -0.25) is 4.18 Å². The van der Waals surface area contributed by atoms with Crippen molar-refractivity contribution < 1.29 is 12.6 Å². The molecule has 0 atom stereocenters. The van der Waals surface area contributed by atoms with Gasteiger partial charge in [-0.15, -0.1) is 0 Å². The number of benzene rings is 1. The Hall–Kier alpha value is -0.580. The normalized spacial score (nSPS) is 11.5. The average molecular weight is 221 g/mol. The van der Waals surface area contributed by atoms with Gasteiger partial charge in [0.1, 0.15) is 0 Å². The van der Waals surface area contributed by atoms with Crippen LogP contribution in [0, 0.1) is 0 Å². The van der Waals surface area contributed by atoms with E-state index >= 15 is 0 Å². The van der Waals surface area contributed by atoms with E-state index in [9.17, 15) is 8.42 Å². The molecule has 5 heteroatoms. The Morgan fingerprint density at radius 3 is 2.31 bits per heavy atom. The summed E-state index contributed by atoms with van der Waals surface area (Å²) >= 11 is 5.64. The number of hydrogen-bond donors (Lipinski definition) is 0. The molecule has 0 heterocycles. The van der Waals surface area contributed by atoms with Crippen LogP contribution in [-0.4, -0.2) is 14.7 Å². The molecule has 0 aromatic heterocycles. The number of hydrogen-bond acceptors (Lipinski definition) is 3. The van der Waals surface area contributed by atoms with E-state index in [0.717, 1.165) is 11.8 Å². The highest BCUT2D eigenvalue weighted by atomic mass is 35.5. The van der Waals surface area contributed by atoms with E-state index in [0.29, 0.717) is 5.02 Å². The molecule has 13 heavy (non-hydrogen) atoms. The van der Waals surface area contributed by atoms with Gasteiger partial charge in [0.25, 0.3) is 10.1 Å². The topological polar surface area (TPSA) is 43.4 Å². The van der Waals surface area contributed by atoms with Crippen molar-refractivity contribution in [2.75, 3.05) is 6.26 Å². The van der Waals surface area contributed by atoms with E-state index in [-0.39, 0.29) is 6.61 Å². The SMILES string of the molecule is CS(=O)(=O)OCc1ccc(Cl)cc1. The molecule has 0 aliphatic rings. The molecule has 0 amide bonds. The first-order valence-corrected chi connectivity index (χ1v) is 5.76. The number of rotatable bonds is 3. The number of halogens is 1. The molecule has 72 valence electrons. The monoisotopic (exact) mass is 220 g/mol. The third-order valence-electron chi connectivity index (χ3n) is 1.35. The second-order valence-corrected chi connectivity index (χ2v) is 4.67. The molecule has 1 aromatic carbocycles. The van der Waals surface area contributed by atoms with E-state index in [1.54, 1.807) is 24.3 Å². The summed E-state index contributed by atoms with van der Waals surface area (Å²) in [6, 6.07) is 6.80. The maximum Gasteiger partial charge on any atom is 0.264 e. The van der Waals surface area contributed by atoms with E-state index in [1.807, 2.05) is 0 Å². The Bertz CT molecular complexity index is 369. The van der Waals surface area contributed by atoms with Crippen LogP contribution in [0.15, 0.2) is 24.3 Å². The lowest BCUT2D eigenvalue weighted by atomic mass is 10.2. The maximum absolute atomic E-state index is 10.6. The molecule has 0 unspecified atom stereocenters. The first-order chi connectivity index (χ1) is 5.97. The lowest BCUT2D eigenvalue weighted by Gasteiger charge is -2.00. The molecule has 1 rings (SSSR count). The molecule has 0 N–H and O–H groups in total. The maximum atomic E-state index is 10.6. The minimum atomic E-state index is -3.37. The molecule has 0 aliphatic carbocycles. The van der Waals surface area contributed by atoms with Crippen LogP contribution in [0.4, 0.5) is 0 Å². The van der Waals surface area contributed by atoms with E-state index in [2.05, 4.69) is 4.18 Å². The Morgan fingerprint density at radius 1 is 1.31 bits per heavy atom. The summed E-state index contributed by atoms with van der Waals surface area (Å²) in [5, 5.41) is 0.614. The van der Waals surface area contributed by atoms with Gasteiger partial charge in [0.05, 0.1) is 12.9 Å². The Kier molecular flexibility index (Phi) is 3.30. The zero-order valence-electron chi connectivity index (χ0n) is 7.03. The van der Waals surface area contributed by atoms with Gasteiger partial charge in [-0.1, -0.05) is 23.7 Å². The van der Waals surface area contributed by atoms with Crippen molar-refractivity contribution in [1.29, 1.82) is 0 Å². The highest BCUT2D eigenvalue weighted by Gasteiger charge is 2.01. The van der Waals surface area contributed by atoms with Crippen molar-refractivity contribution in [3.05, 3.63) is 34.9 Å². The first kappa shape index (κ1) is 10.5. The van der Waals surface area contributed by atoms with Crippen LogP contribution in [-0.2, 0) is 20.9 Å². The molecule has 0 radical (unpaired) electrons. The fourth-order valence-electron chi connectivity index (χ4n) is 0.756. The fourth-order valence-corrected chi connectivity index (χ4v) is 1.23. The molecule has 1 aromatic rings. The molecular weight excluding hydrogens is 212 g/mol. The predicted molar refractivity (Wildman–Crippen MR) is 51.1 cm³/mol. The van der Waals surface area contributed by atoms with Crippen molar-refractivity contribution in [2.24, 2.45) is 0 Å². The Morgan fingerprint density at radius 2 is 1.85 bits per heavy atom. The molecule has 0 aliphatic heterocycles. The van der Waals surface area contributed by atoms with Gasteiger partial charge in [-0.05, 0) is 17.7 Å². The minimum absolute atomic E-state index is 0.0516.